The summed E-state index contributed by atoms with van der Waals surface area (Å²) in [5, 5.41) is 22.4. The number of alkyl carbamates (subject to hydrolysis) is 1. The molecule has 9 nitrogen and oxygen atoms in total. The second-order valence-electron chi connectivity index (χ2n) is 7.49. The Kier molecular flexibility index (Phi) is 8.18. The van der Waals surface area contributed by atoms with Crippen LogP contribution in [0, 0.1) is 0 Å². The number of carbonyl (C=O) groups excluding carboxylic acids is 1. The molecule has 0 saturated carbocycles. The second-order valence-corrected chi connectivity index (χ2v) is 7.49. The Morgan fingerprint density at radius 2 is 1.62 bits per heavy atom. The van der Waals surface area contributed by atoms with Crippen LogP contribution >= 0.6 is 0 Å². The molecule has 1 unspecified atom stereocenters. The van der Waals surface area contributed by atoms with Crippen molar-refractivity contribution in [2.45, 2.75) is 18.1 Å². The van der Waals surface area contributed by atoms with E-state index in [1.54, 1.807) is 0 Å². The molecule has 0 aliphatic heterocycles. The lowest BCUT2D eigenvalue weighted by atomic mass is 9.98. The first-order valence-corrected chi connectivity index (χ1v) is 10.3. The molecular weight excluding hydrogens is 416 g/mol. The molecule has 1 amide bonds. The quantitative estimate of drug-likeness (QED) is 0.337. The first-order chi connectivity index (χ1) is 15.4. The number of rotatable bonds is 12. The van der Waals surface area contributed by atoms with Crippen molar-refractivity contribution in [3.8, 4) is 11.1 Å². The summed E-state index contributed by atoms with van der Waals surface area (Å²) < 4.78 is 15.8. The number of ether oxygens (including phenoxy) is 3. The Labute approximate surface area is 186 Å². The molecule has 0 spiro atoms. The zero-order valence-corrected chi connectivity index (χ0v) is 17.6. The minimum Gasteiger partial charge on any atom is -0.481 e. The number of fused-ring (bicyclic) bond motifs is 3. The Hall–Kier alpha value is -2.98. The third-order valence-corrected chi connectivity index (χ3v) is 5.17. The topological polar surface area (TPSA) is 140 Å². The van der Waals surface area contributed by atoms with E-state index < -0.39 is 30.8 Å². The Balaban J connectivity index is 1.35. The maximum Gasteiger partial charge on any atom is 0.407 e. The third kappa shape index (κ3) is 6.04. The minimum absolute atomic E-state index is 0.00936. The highest BCUT2D eigenvalue weighted by atomic mass is 16.6. The van der Waals surface area contributed by atoms with Crippen molar-refractivity contribution in [3.05, 3.63) is 59.7 Å². The fourth-order valence-corrected chi connectivity index (χ4v) is 3.68. The lowest BCUT2D eigenvalue weighted by Gasteiger charge is -2.24. The number of carboxylic acid groups (broad SMARTS) is 1. The summed E-state index contributed by atoms with van der Waals surface area (Å²) in [5.74, 6) is -1.22. The molecule has 4 N–H and O–H groups in total. The van der Waals surface area contributed by atoms with Gasteiger partial charge in [0.1, 0.15) is 13.2 Å². The van der Waals surface area contributed by atoms with Gasteiger partial charge in [-0.15, -0.1) is 0 Å². The number of amides is 1. The molecule has 2 aromatic carbocycles. The van der Waals surface area contributed by atoms with Gasteiger partial charge in [-0.25, -0.2) is 9.90 Å². The summed E-state index contributed by atoms with van der Waals surface area (Å²) in [6, 6.07) is 16.2. The van der Waals surface area contributed by atoms with Crippen molar-refractivity contribution in [2.24, 2.45) is 5.73 Å². The molecule has 3 rings (SSSR count). The van der Waals surface area contributed by atoms with E-state index in [9.17, 15) is 14.7 Å². The van der Waals surface area contributed by atoms with Crippen LogP contribution in [0.5, 0.6) is 0 Å². The molecule has 1 aliphatic rings. The highest BCUT2D eigenvalue weighted by Gasteiger charge is 2.30. The van der Waals surface area contributed by atoms with E-state index in [4.69, 9.17) is 25.1 Å². The van der Waals surface area contributed by atoms with Gasteiger partial charge in [0.15, 0.2) is 5.72 Å². The van der Waals surface area contributed by atoms with E-state index in [0.717, 1.165) is 22.3 Å². The van der Waals surface area contributed by atoms with Gasteiger partial charge in [0.05, 0.1) is 26.2 Å². The van der Waals surface area contributed by atoms with Gasteiger partial charge in [0.25, 0.3) is 0 Å². The molecule has 171 valence electrons. The van der Waals surface area contributed by atoms with Crippen LogP contribution in [0.25, 0.3) is 11.1 Å². The number of nitrogens with one attached hydrogen (secondary N) is 1. The van der Waals surface area contributed by atoms with Gasteiger partial charge >= 0.3 is 12.1 Å². The smallest absolute Gasteiger partial charge is 0.407 e. The fraction of sp³-hybridized carbons (Fsp3) is 0.391. The SMILES string of the molecule is NC(C[O])(CC(=O)O)OCCOCCNC(=O)OCC1c2ccccc2-c2ccccc21. The molecule has 32 heavy (non-hydrogen) atoms. The van der Waals surface area contributed by atoms with Crippen LogP contribution in [0.1, 0.15) is 23.5 Å². The normalized spacial score (nSPS) is 14.3. The number of nitrogens with two attached hydrogens (primary N) is 1. The van der Waals surface area contributed by atoms with Crippen LogP contribution in [0.4, 0.5) is 4.79 Å². The molecule has 1 aliphatic carbocycles. The van der Waals surface area contributed by atoms with Crippen LogP contribution in [-0.4, -0.2) is 62.5 Å². The standard InChI is InChI=1S/C23H27N2O7/c24-23(15-26,13-21(27)28)32-12-11-30-10-9-25-22(29)31-14-20-18-7-3-1-5-16(18)17-6-2-4-8-19(17)20/h1-8,20H,9-15,24H2,(H,25,29)(H,27,28). The van der Waals surface area contributed by atoms with E-state index in [2.05, 4.69) is 29.6 Å². The number of carbonyl (C=O) groups is 2. The van der Waals surface area contributed by atoms with Crippen molar-refractivity contribution in [2.75, 3.05) is 39.6 Å². The molecular formula is C23H27N2O7. The maximum absolute atomic E-state index is 12.1. The molecule has 2 aromatic rings. The highest BCUT2D eigenvalue weighted by Crippen LogP contribution is 2.44. The molecule has 0 fully saturated rings. The largest absolute Gasteiger partial charge is 0.481 e. The highest BCUT2D eigenvalue weighted by molar-refractivity contribution is 5.79. The number of aliphatic carboxylic acids is 1. The summed E-state index contributed by atoms with van der Waals surface area (Å²) in [4.78, 5) is 22.8. The van der Waals surface area contributed by atoms with Crippen molar-refractivity contribution in [1.82, 2.24) is 5.32 Å². The average Bonchev–Trinajstić information content (AvgIpc) is 3.10. The van der Waals surface area contributed by atoms with Crippen molar-refractivity contribution in [3.63, 3.8) is 0 Å². The predicted octanol–water partition coefficient (Wildman–Crippen LogP) is 2.12. The Morgan fingerprint density at radius 3 is 2.22 bits per heavy atom. The minimum atomic E-state index is -1.76. The van der Waals surface area contributed by atoms with Gasteiger partial charge in [-0.2, -0.15) is 0 Å². The molecule has 0 aromatic heterocycles. The van der Waals surface area contributed by atoms with Crippen LogP contribution in [0.3, 0.4) is 0 Å². The molecule has 1 atom stereocenters. The molecule has 0 bridgehead atoms. The zero-order valence-electron chi connectivity index (χ0n) is 17.6. The van der Waals surface area contributed by atoms with Crippen molar-refractivity contribution >= 4 is 12.1 Å². The monoisotopic (exact) mass is 443 g/mol. The van der Waals surface area contributed by atoms with E-state index >= 15 is 0 Å². The summed E-state index contributed by atoms with van der Waals surface area (Å²) in [6.07, 6.45) is -1.12. The molecule has 1 radical (unpaired) electrons. The molecule has 0 heterocycles. The third-order valence-electron chi connectivity index (χ3n) is 5.17. The number of carboxylic acids is 1. The van der Waals surface area contributed by atoms with E-state index in [1.807, 2.05) is 24.3 Å². The Morgan fingerprint density at radius 1 is 1.00 bits per heavy atom. The lowest BCUT2D eigenvalue weighted by Crippen LogP contribution is -2.48. The number of hydrogen-bond acceptors (Lipinski definition) is 6. The van der Waals surface area contributed by atoms with E-state index in [1.165, 1.54) is 0 Å². The van der Waals surface area contributed by atoms with Gasteiger partial charge in [0.2, 0.25) is 0 Å². The van der Waals surface area contributed by atoms with Crippen LogP contribution in [0.2, 0.25) is 0 Å². The Bertz CT molecular complexity index is 891. The summed E-state index contributed by atoms with van der Waals surface area (Å²) in [7, 11) is 0. The zero-order chi connectivity index (χ0) is 23.0. The van der Waals surface area contributed by atoms with Crippen LogP contribution in [0.15, 0.2) is 48.5 Å². The summed E-state index contributed by atoms with van der Waals surface area (Å²) in [5.41, 5.74) is 8.43. The van der Waals surface area contributed by atoms with E-state index in [-0.39, 0.29) is 38.9 Å². The van der Waals surface area contributed by atoms with Gasteiger partial charge in [-0.3, -0.25) is 4.79 Å². The van der Waals surface area contributed by atoms with Gasteiger partial charge < -0.3 is 30.4 Å². The van der Waals surface area contributed by atoms with Gasteiger partial charge in [0, 0.05) is 12.5 Å². The van der Waals surface area contributed by atoms with Crippen molar-refractivity contribution in [1.29, 1.82) is 0 Å². The van der Waals surface area contributed by atoms with Crippen molar-refractivity contribution < 1.29 is 34.0 Å². The maximum atomic E-state index is 12.1. The predicted molar refractivity (Wildman–Crippen MR) is 115 cm³/mol. The summed E-state index contributed by atoms with van der Waals surface area (Å²) in [6.45, 7) is -0.154. The molecule has 9 heteroatoms. The van der Waals surface area contributed by atoms with Crippen LogP contribution < -0.4 is 11.1 Å². The van der Waals surface area contributed by atoms with Gasteiger partial charge in [-0.1, -0.05) is 48.5 Å². The van der Waals surface area contributed by atoms with Gasteiger partial charge in [-0.05, 0) is 22.3 Å². The van der Waals surface area contributed by atoms with Crippen LogP contribution in [-0.2, 0) is 24.1 Å². The number of benzene rings is 2. The lowest BCUT2D eigenvalue weighted by molar-refractivity contribution is -0.153. The van der Waals surface area contributed by atoms with E-state index in [0.29, 0.717) is 0 Å². The first-order valence-electron chi connectivity index (χ1n) is 10.3. The molecule has 0 saturated heterocycles. The fourth-order valence-electron chi connectivity index (χ4n) is 3.68. The second kappa shape index (κ2) is 11.1. The average molecular weight is 443 g/mol. The summed E-state index contributed by atoms with van der Waals surface area (Å²) >= 11 is 0. The first kappa shape index (κ1) is 23.7. The number of hydrogen-bond donors (Lipinski definition) is 3.